The summed E-state index contributed by atoms with van der Waals surface area (Å²) in [5, 5.41) is 8.09. The molecular formula is C26H35N5O2. The average molecular weight is 450 g/mol. The second kappa shape index (κ2) is 12.6. The van der Waals surface area contributed by atoms with Crippen molar-refractivity contribution in [2.45, 2.75) is 58.9 Å². The summed E-state index contributed by atoms with van der Waals surface area (Å²) in [6.07, 6.45) is 8.53. The van der Waals surface area contributed by atoms with E-state index in [1.54, 1.807) is 12.1 Å². The van der Waals surface area contributed by atoms with Gasteiger partial charge in [0.25, 0.3) is 0 Å². The highest BCUT2D eigenvalue weighted by Crippen LogP contribution is 2.30. The van der Waals surface area contributed by atoms with Gasteiger partial charge in [-0.15, -0.1) is 5.11 Å². The Kier molecular flexibility index (Phi) is 9.30. The molecule has 0 saturated carbocycles. The standard InChI is InChI=1S/C26H35N5O2/c1-3-5-16-31-17-15-22-23(8-4-2)25(14-13-24(22)31)33-19-7-6-18-32-21-11-9-20(10-12-21)26(29-27)30-28/h9-15,17,27H,3-8,16,18-19,28H2,1-2H3/b29-27?,30-26-. The molecule has 7 nitrogen and oxygen atoms in total. The van der Waals surface area contributed by atoms with Crippen LogP contribution in [0.4, 0.5) is 0 Å². The maximum absolute atomic E-state index is 7.06. The number of aromatic nitrogens is 1. The van der Waals surface area contributed by atoms with Crippen LogP contribution in [0.15, 0.2) is 58.9 Å². The lowest BCUT2D eigenvalue weighted by Crippen LogP contribution is -2.05. The molecule has 0 aliphatic heterocycles. The Morgan fingerprint density at radius 3 is 2.36 bits per heavy atom. The number of unbranched alkanes of at least 4 members (excludes halogenated alkanes) is 2. The molecular weight excluding hydrogens is 414 g/mol. The van der Waals surface area contributed by atoms with E-state index in [2.05, 4.69) is 53.0 Å². The fourth-order valence-corrected chi connectivity index (χ4v) is 3.92. The quantitative estimate of drug-likeness (QED) is 0.0802. The molecule has 0 amide bonds. The lowest BCUT2D eigenvalue weighted by atomic mass is 10.0. The van der Waals surface area contributed by atoms with E-state index in [-0.39, 0.29) is 5.84 Å². The molecule has 0 bridgehead atoms. The number of rotatable bonds is 13. The summed E-state index contributed by atoms with van der Waals surface area (Å²) in [4.78, 5) is 0. The van der Waals surface area contributed by atoms with E-state index >= 15 is 0 Å². The van der Waals surface area contributed by atoms with Gasteiger partial charge in [-0.25, -0.2) is 5.53 Å². The van der Waals surface area contributed by atoms with Crippen LogP contribution in [0.3, 0.4) is 0 Å². The van der Waals surface area contributed by atoms with Gasteiger partial charge in [0.15, 0.2) is 5.84 Å². The van der Waals surface area contributed by atoms with Crippen LogP contribution in [0.2, 0.25) is 0 Å². The van der Waals surface area contributed by atoms with E-state index < -0.39 is 0 Å². The molecule has 0 radical (unpaired) electrons. The van der Waals surface area contributed by atoms with Crippen molar-refractivity contribution in [3.05, 3.63) is 59.8 Å². The lowest BCUT2D eigenvalue weighted by Gasteiger charge is -2.14. The number of aryl methyl sites for hydroxylation is 2. The van der Waals surface area contributed by atoms with Crippen molar-refractivity contribution in [1.82, 2.24) is 4.57 Å². The maximum atomic E-state index is 7.06. The third-order valence-corrected chi connectivity index (χ3v) is 5.68. The van der Waals surface area contributed by atoms with Crippen molar-refractivity contribution >= 4 is 16.7 Å². The van der Waals surface area contributed by atoms with Gasteiger partial charge in [0.1, 0.15) is 11.5 Å². The minimum Gasteiger partial charge on any atom is -0.494 e. The van der Waals surface area contributed by atoms with Gasteiger partial charge >= 0.3 is 0 Å². The van der Waals surface area contributed by atoms with E-state index in [0.29, 0.717) is 18.8 Å². The van der Waals surface area contributed by atoms with Crippen molar-refractivity contribution in [1.29, 1.82) is 5.53 Å². The number of hydrogen-bond donors (Lipinski definition) is 2. The Bertz CT molecular complexity index is 1060. The molecule has 0 aliphatic rings. The summed E-state index contributed by atoms with van der Waals surface area (Å²) < 4.78 is 14.4. The van der Waals surface area contributed by atoms with Crippen molar-refractivity contribution < 1.29 is 9.47 Å². The number of nitrogens with zero attached hydrogens (tertiary/aromatic N) is 3. The summed E-state index contributed by atoms with van der Waals surface area (Å²) >= 11 is 0. The molecule has 3 rings (SSSR count). The van der Waals surface area contributed by atoms with E-state index in [9.17, 15) is 0 Å². The summed E-state index contributed by atoms with van der Waals surface area (Å²) in [5.74, 6) is 7.19. The van der Waals surface area contributed by atoms with Gasteiger partial charge in [0, 0.05) is 34.8 Å². The summed E-state index contributed by atoms with van der Waals surface area (Å²) in [6, 6.07) is 13.8. The van der Waals surface area contributed by atoms with Gasteiger partial charge in [0.05, 0.1) is 13.2 Å². The SMILES string of the molecule is CCCCn1ccc2c(CCC)c(OCCCCOc3ccc(/C(N=N)=N/N)cc3)ccc21. The molecule has 0 atom stereocenters. The Morgan fingerprint density at radius 2 is 1.70 bits per heavy atom. The number of hydrazone groups is 1. The van der Waals surface area contributed by atoms with Crippen LogP contribution in [-0.4, -0.2) is 23.6 Å². The Hall–Kier alpha value is -3.35. The number of hydrogen-bond acceptors (Lipinski definition) is 5. The molecule has 33 heavy (non-hydrogen) atoms. The number of benzene rings is 2. The zero-order valence-corrected chi connectivity index (χ0v) is 19.7. The average Bonchev–Trinajstić information content (AvgIpc) is 3.26. The first kappa shape index (κ1) is 24.3. The number of ether oxygens (including phenoxy) is 2. The van der Waals surface area contributed by atoms with Gasteiger partial charge in [-0.05, 0) is 68.1 Å². The highest BCUT2D eigenvalue weighted by molar-refractivity contribution is 5.98. The normalized spacial score (nSPS) is 11.6. The fourth-order valence-electron chi connectivity index (χ4n) is 3.92. The number of nitrogens with one attached hydrogen (secondary N) is 1. The summed E-state index contributed by atoms with van der Waals surface area (Å²) in [5.41, 5.74) is 10.4. The van der Waals surface area contributed by atoms with Crippen LogP contribution in [0.5, 0.6) is 11.5 Å². The van der Waals surface area contributed by atoms with E-state index in [0.717, 1.165) is 43.7 Å². The monoisotopic (exact) mass is 449 g/mol. The molecule has 1 aromatic heterocycles. The maximum Gasteiger partial charge on any atom is 0.199 e. The zero-order valence-electron chi connectivity index (χ0n) is 19.7. The Morgan fingerprint density at radius 1 is 0.939 bits per heavy atom. The lowest BCUT2D eigenvalue weighted by molar-refractivity contribution is 0.265. The van der Waals surface area contributed by atoms with Crippen LogP contribution in [-0.2, 0) is 13.0 Å². The summed E-state index contributed by atoms with van der Waals surface area (Å²) in [7, 11) is 0. The number of fused-ring (bicyclic) bond motifs is 1. The third-order valence-electron chi connectivity index (χ3n) is 5.68. The first-order valence-corrected chi connectivity index (χ1v) is 11.8. The Labute approximate surface area is 196 Å². The van der Waals surface area contributed by atoms with Crippen molar-refractivity contribution in [2.75, 3.05) is 13.2 Å². The van der Waals surface area contributed by atoms with Gasteiger partial charge < -0.3 is 19.9 Å². The third kappa shape index (κ3) is 6.34. The zero-order chi connectivity index (χ0) is 23.5. The Balaban J connectivity index is 1.49. The molecule has 3 N–H and O–H groups in total. The first-order chi connectivity index (χ1) is 16.2. The van der Waals surface area contributed by atoms with Gasteiger partial charge in [0.2, 0.25) is 0 Å². The van der Waals surface area contributed by atoms with Crippen LogP contribution in [0, 0.1) is 5.53 Å². The van der Waals surface area contributed by atoms with Gasteiger partial charge in [-0.2, -0.15) is 5.10 Å². The smallest absolute Gasteiger partial charge is 0.199 e. The predicted molar refractivity (Wildman–Crippen MR) is 133 cm³/mol. The largest absolute Gasteiger partial charge is 0.494 e. The van der Waals surface area contributed by atoms with E-state index in [1.807, 2.05) is 12.1 Å². The van der Waals surface area contributed by atoms with Crippen molar-refractivity contribution in [3.8, 4) is 11.5 Å². The molecule has 7 heteroatoms. The predicted octanol–water partition coefficient (Wildman–Crippen LogP) is 6.28. The molecule has 0 fully saturated rings. The minimum absolute atomic E-state index is 0.192. The highest BCUT2D eigenvalue weighted by Gasteiger charge is 2.11. The molecule has 0 saturated heterocycles. The van der Waals surface area contributed by atoms with Crippen LogP contribution in [0.1, 0.15) is 57.1 Å². The second-order valence-corrected chi connectivity index (χ2v) is 8.08. The minimum atomic E-state index is 0.192. The summed E-state index contributed by atoms with van der Waals surface area (Å²) in [6.45, 7) is 6.79. The van der Waals surface area contributed by atoms with Crippen LogP contribution in [0.25, 0.3) is 10.9 Å². The molecule has 1 heterocycles. The van der Waals surface area contributed by atoms with Gasteiger partial charge in [-0.3, -0.25) is 0 Å². The molecule has 0 unspecified atom stereocenters. The number of amidine groups is 1. The van der Waals surface area contributed by atoms with E-state index in [1.165, 1.54) is 29.3 Å². The molecule has 2 aromatic carbocycles. The first-order valence-electron chi connectivity index (χ1n) is 11.8. The second-order valence-electron chi connectivity index (χ2n) is 8.08. The topological polar surface area (TPSA) is 98.0 Å². The molecule has 0 aliphatic carbocycles. The van der Waals surface area contributed by atoms with Crippen molar-refractivity contribution in [2.24, 2.45) is 16.1 Å². The molecule has 3 aromatic rings. The van der Waals surface area contributed by atoms with Crippen molar-refractivity contribution in [3.63, 3.8) is 0 Å². The molecule has 176 valence electrons. The van der Waals surface area contributed by atoms with Gasteiger partial charge in [-0.1, -0.05) is 26.7 Å². The highest BCUT2D eigenvalue weighted by atomic mass is 16.5. The number of nitrogens with two attached hydrogens (primary N) is 1. The van der Waals surface area contributed by atoms with E-state index in [4.69, 9.17) is 20.8 Å². The van der Waals surface area contributed by atoms with Crippen LogP contribution >= 0.6 is 0 Å². The fraction of sp³-hybridized carbons (Fsp3) is 0.423. The van der Waals surface area contributed by atoms with Crippen LogP contribution < -0.4 is 15.3 Å². The molecule has 0 spiro atoms.